The number of Topliss-reactive ketones (excluding diaryl/α,β-unsaturated/α-hetero) is 1. The van der Waals surface area contributed by atoms with Crippen molar-refractivity contribution in [2.45, 2.75) is 6.42 Å². The normalized spacial score (nSPS) is 16.5. The number of anilines is 1. The van der Waals surface area contributed by atoms with Crippen LogP contribution in [0.15, 0.2) is 36.4 Å². The number of halogens is 2. The molecule has 1 aliphatic rings. The summed E-state index contributed by atoms with van der Waals surface area (Å²) < 4.78 is 13.5. The minimum absolute atomic E-state index is 0.00447. The minimum Gasteiger partial charge on any atom is -0.478 e. The molecule has 3 rings (SSSR count). The van der Waals surface area contributed by atoms with Crippen LogP contribution in [0, 0.1) is 11.7 Å². The second-order valence-electron chi connectivity index (χ2n) is 5.42. The van der Waals surface area contributed by atoms with Gasteiger partial charge in [0.05, 0.1) is 16.3 Å². The SMILES string of the molecule is O=C(O)c1ccc2c(c1)C(=O)C(Cc1ccc(Cl)c(F)c1)C(=O)N2. The maximum absolute atomic E-state index is 13.5. The number of fused-ring (bicyclic) bond motifs is 1. The molecule has 0 spiro atoms. The van der Waals surface area contributed by atoms with Crippen molar-refractivity contribution in [3.05, 3.63) is 63.9 Å². The zero-order valence-electron chi connectivity index (χ0n) is 12.2. The topological polar surface area (TPSA) is 83.5 Å². The lowest BCUT2D eigenvalue weighted by molar-refractivity contribution is -0.118. The summed E-state index contributed by atoms with van der Waals surface area (Å²) in [5.41, 5.74) is 0.806. The van der Waals surface area contributed by atoms with Gasteiger partial charge in [-0.15, -0.1) is 0 Å². The molecular formula is C17H11ClFNO4. The Morgan fingerprint density at radius 1 is 1.21 bits per heavy atom. The summed E-state index contributed by atoms with van der Waals surface area (Å²) in [6, 6.07) is 7.99. The molecule has 0 bridgehead atoms. The zero-order chi connectivity index (χ0) is 17.4. The molecule has 0 fully saturated rings. The maximum Gasteiger partial charge on any atom is 0.335 e. The molecule has 122 valence electrons. The van der Waals surface area contributed by atoms with Gasteiger partial charge >= 0.3 is 5.97 Å². The molecule has 1 unspecified atom stereocenters. The number of carboxylic acids is 1. The first-order valence-corrected chi connectivity index (χ1v) is 7.41. The van der Waals surface area contributed by atoms with E-state index in [0.29, 0.717) is 5.56 Å². The number of ketones is 1. The van der Waals surface area contributed by atoms with Gasteiger partial charge in [-0.25, -0.2) is 9.18 Å². The summed E-state index contributed by atoms with van der Waals surface area (Å²) in [5, 5.41) is 11.6. The highest BCUT2D eigenvalue weighted by Crippen LogP contribution is 2.29. The molecule has 2 aromatic rings. The Balaban J connectivity index is 1.94. The number of amides is 1. The van der Waals surface area contributed by atoms with E-state index in [2.05, 4.69) is 5.32 Å². The molecule has 0 aromatic heterocycles. The lowest BCUT2D eigenvalue weighted by Crippen LogP contribution is -2.36. The number of benzene rings is 2. The van der Waals surface area contributed by atoms with Crippen LogP contribution in [0.3, 0.4) is 0 Å². The number of carboxylic acid groups (broad SMARTS) is 1. The molecule has 5 nitrogen and oxygen atoms in total. The fraction of sp³-hybridized carbons (Fsp3) is 0.118. The number of hydrogen-bond donors (Lipinski definition) is 2. The summed E-state index contributed by atoms with van der Waals surface area (Å²) in [7, 11) is 0. The molecule has 1 amide bonds. The van der Waals surface area contributed by atoms with Crippen molar-refractivity contribution in [2.24, 2.45) is 5.92 Å². The maximum atomic E-state index is 13.5. The Labute approximate surface area is 141 Å². The number of nitrogens with one attached hydrogen (secondary N) is 1. The fourth-order valence-electron chi connectivity index (χ4n) is 2.60. The van der Waals surface area contributed by atoms with E-state index in [-0.39, 0.29) is 28.3 Å². The number of aromatic carboxylic acids is 1. The van der Waals surface area contributed by atoms with Gasteiger partial charge in [-0.2, -0.15) is 0 Å². The van der Waals surface area contributed by atoms with Gasteiger partial charge in [0.2, 0.25) is 5.91 Å². The highest BCUT2D eigenvalue weighted by Gasteiger charge is 2.34. The smallest absolute Gasteiger partial charge is 0.335 e. The van der Waals surface area contributed by atoms with E-state index >= 15 is 0 Å². The first kappa shape index (κ1) is 16.1. The minimum atomic E-state index is -1.17. The zero-order valence-corrected chi connectivity index (χ0v) is 12.9. The summed E-state index contributed by atoms with van der Waals surface area (Å²) in [6.45, 7) is 0. The third kappa shape index (κ3) is 2.88. The van der Waals surface area contributed by atoms with Crippen molar-refractivity contribution in [3.63, 3.8) is 0 Å². The predicted molar refractivity (Wildman–Crippen MR) is 85.0 cm³/mol. The highest BCUT2D eigenvalue weighted by molar-refractivity contribution is 6.30. The van der Waals surface area contributed by atoms with Crippen LogP contribution < -0.4 is 5.32 Å². The van der Waals surface area contributed by atoms with E-state index in [1.807, 2.05) is 0 Å². The molecular weight excluding hydrogens is 337 g/mol. The predicted octanol–water partition coefficient (Wildman–Crippen LogP) is 3.17. The summed E-state index contributed by atoms with van der Waals surface area (Å²) in [6.07, 6.45) is -0.00447. The first-order valence-electron chi connectivity index (χ1n) is 7.03. The van der Waals surface area contributed by atoms with Crippen molar-refractivity contribution >= 4 is 34.9 Å². The summed E-state index contributed by atoms with van der Waals surface area (Å²) in [4.78, 5) is 35.8. The van der Waals surface area contributed by atoms with E-state index in [1.54, 1.807) is 0 Å². The van der Waals surface area contributed by atoms with Crippen molar-refractivity contribution in [3.8, 4) is 0 Å². The van der Waals surface area contributed by atoms with Crippen LogP contribution in [0.4, 0.5) is 10.1 Å². The molecule has 24 heavy (non-hydrogen) atoms. The second-order valence-corrected chi connectivity index (χ2v) is 5.83. The molecule has 0 saturated carbocycles. The standard InChI is InChI=1S/C17H11ClFNO4/c18-12-3-1-8(6-13(12)19)5-11-15(21)10-7-9(17(23)24)2-4-14(10)20-16(11)22/h1-4,6-7,11H,5H2,(H,20,22)(H,23,24). The van der Waals surface area contributed by atoms with Gasteiger partial charge in [0.15, 0.2) is 5.78 Å². The molecule has 7 heteroatoms. The van der Waals surface area contributed by atoms with Crippen LogP contribution in [0.2, 0.25) is 5.02 Å². The average molecular weight is 348 g/mol. The number of carbonyl (C=O) groups is 3. The Hall–Kier alpha value is -2.73. The largest absolute Gasteiger partial charge is 0.478 e. The van der Waals surface area contributed by atoms with Crippen molar-refractivity contribution in [1.82, 2.24) is 0 Å². The van der Waals surface area contributed by atoms with Crippen molar-refractivity contribution in [2.75, 3.05) is 5.32 Å². The number of rotatable bonds is 3. The van der Waals surface area contributed by atoms with Crippen LogP contribution in [0.1, 0.15) is 26.3 Å². The first-order chi connectivity index (χ1) is 11.4. The molecule has 0 aliphatic carbocycles. The van der Waals surface area contributed by atoms with Crippen LogP contribution in [-0.4, -0.2) is 22.8 Å². The Kier molecular flexibility index (Phi) is 4.07. The van der Waals surface area contributed by atoms with Gasteiger partial charge in [-0.05, 0) is 42.3 Å². The average Bonchev–Trinajstić information content (AvgIpc) is 2.54. The molecule has 0 saturated heterocycles. The fourth-order valence-corrected chi connectivity index (χ4v) is 2.72. The van der Waals surface area contributed by atoms with Crippen molar-refractivity contribution < 1.29 is 23.9 Å². The Bertz CT molecular complexity index is 881. The monoisotopic (exact) mass is 347 g/mol. The van der Waals surface area contributed by atoms with Gasteiger partial charge in [0.25, 0.3) is 0 Å². The van der Waals surface area contributed by atoms with Gasteiger partial charge < -0.3 is 10.4 Å². The molecule has 1 aliphatic heterocycles. The van der Waals surface area contributed by atoms with E-state index < -0.39 is 29.4 Å². The van der Waals surface area contributed by atoms with Gasteiger partial charge in [0, 0.05) is 5.56 Å². The molecule has 1 atom stereocenters. The van der Waals surface area contributed by atoms with Gasteiger partial charge in [-0.1, -0.05) is 17.7 Å². The van der Waals surface area contributed by atoms with Crippen molar-refractivity contribution in [1.29, 1.82) is 0 Å². The molecule has 1 heterocycles. The van der Waals surface area contributed by atoms with Crippen LogP contribution in [0.25, 0.3) is 0 Å². The van der Waals surface area contributed by atoms with E-state index in [0.717, 1.165) is 0 Å². The lowest BCUT2D eigenvalue weighted by atomic mass is 9.86. The molecule has 2 aromatic carbocycles. The number of carbonyl (C=O) groups excluding carboxylic acids is 2. The third-order valence-corrected chi connectivity index (χ3v) is 4.15. The van der Waals surface area contributed by atoms with E-state index in [1.165, 1.54) is 36.4 Å². The van der Waals surface area contributed by atoms with E-state index in [4.69, 9.17) is 16.7 Å². The quantitative estimate of drug-likeness (QED) is 0.835. The molecule has 0 radical (unpaired) electrons. The summed E-state index contributed by atoms with van der Waals surface area (Å²) in [5.74, 6) is -3.86. The lowest BCUT2D eigenvalue weighted by Gasteiger charge is -2.23. The summed E-state index contributed by atoms with van der Waals surface area (Å²) >= 11 is 5.62. The van der Waals surface area contributed by atoms with E-state index in [9.17, 15) is 18.8 Å². The Morgan fingerprint density at radius 3 is 2.62 bits per heavy atom. The molecule has 2 N–H and O–H groups in total. The van der Waals surface area contributed by atoms with Crippen LogP contribution in [0.5, 0.6) is 0 Å². The highest BCUT2D eigenvalue weighted by atomic mass is 35.5. The van der Waals surface area contributed by atoms with Gasteiger partial charge in [-0.3, -0.25) is 9.59 Å². The van der Waals surface area contributed by atoms with Gasteiger partial charge in [0.1, 0.15) is 11.7 Å². The van der Waals surface area contributed by atoms with Crippen LogP contribution >= 0.6 is 11.6 Å². The number of hydrogen-bond acceptors (Lipinski definition) is 3. The van der Waals surface area contributed by atoms with Crippen LogP contribution in [-0.2, 0) is 11.2 Å². The third-order valence-electron chi connectivity index (χ3n) is 3.85. The second kappa shape index (κ2) is 6.05. The Morgan fingerprint density at radius 2 is 1.96 bits per heavy atom.